The first-order chi connectivity index (χ1) is 9.89. The van der Waals surface area contributed by atoms with Crippen LogP contribution in [-0.2, 0) is 18.9 Å². The van der Waals surface area contributed by atoms with Gasteiger partial charge in [0.2, 0.25) is 0 Å². The second-order valence-corrected chi connectivity index (χ2v) is 6.59. The first kappa shape index (κ1) is 21.7. The highest BCUT2D eigenvalue weighted by atomic mass is 16.6. The molecule has 0 radical (unpaired) electrons. The second-order valence-electron chi connectivity index (χ2n) is 6.59. The normalized spacial score (nSPS) is 17.3. The van der Waals surface area contributed by atoms with Crippen LogP contribution in [0.4, 0.5) is 0 Å². The fraction of sp³-hybridized carbons (Fsp3) is 1.00. The molecule has 0 aromatic carbocycles. The van der Waals surface area contributed by atoms with Gasteiger partial charge < -0.3 is 34.9 Å². The maximum Gasteiger partial charge on any atom is 0.160 e. The van der Waals surface area contributed by atoms with Gasteiger partial charge in [-0.3, -0.25) is 0 Å². The van der Waals surface area contributed by atoms with E-state index in [1.165, 1.54) is 0 Å². The number of hydrogen-bond acceptors (Lipinski definition) is 7. The largest absolute Gasteiger partial charge is 0.377 e. The number of nitrogens with two attached hydrogens (primary N) is 1. The maximum atomic E-state index is 9.49. The summed E-state index contributed by atoms with van der Waals surface area (Å²) in [7, 11) is 0. The minimum atomic E-state index is -1.18. The predicted molar refractivity (Wildman–Crippen MR) is 83.3 cm³/mol. The SMILES string of the molecule is CC(COCC(N)COCC(C)OC(C)(C)O)OC(C)(C)O. The molecule has 0 aliphatic rings. The molecule has 2 unspecified atom stereocenters. The molecule has 0 aliphatic carbocycles. The van der Waals surface area contributed by atoms with Crippen molar-refractivity contribution in [3.63, 3.8) is 0 Å². The Hall–Kier alpha value is -0.280. The van der Waals surface area contributed by atoms with E-state index in [1.807, 2.05) is 13.8 Å². The van der Waals surface area contributed by atoms with Crippen LogP contribution in [0.2, 0.25) is 0 Å². The average Bonchev–Trinajstić information content (AvgIpc) is 2.23. The zero-order chi connectivity index (χ0) is 17.4. The van der Waals surface area contributed by atoms with E-state index in [9.17, 15) is 10.2 Å². The molecule has 0 spiro atoms. The molecule has 7 heteroatoms. The smallest absolute Gasteiger partial charge is 0.160 e. The van der Waals surface area contributed by atoms with Crippen molar-refractivity contribution in [2.24, 2.45) is 5.73 Å². The lowest BCUT2D eigenvalue weighted by molar-refractivity contribution is -0.212. The van der Waals surface area contributed by atoms with Crippen molar-refractivity contribution >= 4 is 0 Å². The summed E-state index contributed by atoms with van der Waals surface area (Å²) < 4.78 is 21.5. The Kier molecular flexibility index (Phi) is 9.64. The molecule has 22 heavy (non-hydrogen) atoms. The first-order valence-electron chi connectivity index (χ1n) is 7.60. The summed E-state index contributed by atoms with van der Waals surface area (Å²) in [6, 6.07) is -0.260. The van der Waals surface area contributed by atoms with Crippen LogP contribution in [0.1, 0.15) is 41.5 Å². The molecule has 0 saturated heterocycles. The Morgan fingerprint density at radius 3 is 1.36 bits per heavy atom. The van der Waals surface area contributed by atoms with Gasteiger partial charge in [0.1, 0.15) is 0 Å². The zero-order valence-corrected chi connectivity index (χ0v) is 14.7. The van der Waals surface area contributed by atoms with Gasteiger partial charge in [-0.05, 0) is 41.5 Å². The highest BCUT2D eigenvalue weighted by molar-refractivity contribution is 4.62. The number of aliphatic hydroxyl groups is 2. The van der Waals surface area contributed by atoms with E-state index in [4.69, 9.17) is 24.7 Å². The Morgan fingerprint density at radius 1 is 0.773 bits per heavy atom. The fourth-order valence-corrected chi connectivity index (χ4v) is 1.87. The lowest BCUT2D eigenvalue weighted by Gasteiger charge is -2.25. The lowest BCUT2D eigenvalue weighted by Crippen LogP contribution is -2.36. The number of rotatable bonds is 12. The summed E-state index contributed by atoms with van der Waals surface area (Å²) in [5.74, 6) is -2.35. The molecule has 0 aliphatic heterocycles. The van der Waals surface area contributed by atoms with Gasteiger partial charge in [0.05, 0.1) is 44.7 Å². The van der Waals surface area contributed by atoms with Gasteiger partial charge in [0.25, 0.3) is 0 Å². The fourth-order valence-electron chi connectivity index (χ4n) is 1.87. The second kappa shape index (κ2) is 9.77. The van der Waals surface area contributed by atoms with Crippen LogP contribution in [0.3, 0.4) is 0 Å². The molecule has 2 atom stereocenters. The van der Waals surface area contributed by atoms with E-state index in [0.29, 0.717) is 26.4 Å². The van der Waals surface area contributed by atoms with Crippen LogP contribution < -0.4 is 5.73 Å². The molecule has 0 rings (SSSR count). The number of ether oxygens (including phenoxy) is 4. The molecule has 0 heterocycles. The number of hydrogen-bond donors (Lipinski definition) is 3. The summed E-state index contributed by atoms with van der Waals surface area (Å²) >= 11 is 0. The molecule has 0 amide bonds. The van der Waals surface area contributed by atoms with Crippen LogP contribution in [0.15, 0.2) is 0 Å². The molecule has 0 aromatic heterocycles. The van der Waals surface area contributed by atoms with Crippen molar-refractivity contribution in [1.29, 1.82) is 0 Å². The molecule has 0 aromatic rings. The Morgan fingerprint density at radius 2 is 1.09 bits per heavy atom. The third-order valence-corrected chi connectivity index (χ3v) is 2.35. The molecule has 7 nitrogen and oxygen atoms in total. The summed E-state index contributed by atoms with van der Waals surface area (Å²) in [5.41, 5.74) is 5.87. The molecule has 4 N–H and O–H groups in total. The third-order valence-electron chi connectivity index (χ3n) is 2.35. The van der Waals surface area contributed by atoms with Crippen molar-refractivity contribution in [2.45, 2.75) is 71.4 Å². The van der Waals surface area contributed by atoms with Crippen molar-refractivity contribution < 1.29 is 29.2 Å². The quantitative estimate of drug-likeness (QED) is 0.452. The minimum absolute atomic E-state index is 0.228. The van der Waals surface area contributed by atoms with Crippen LogP contribution in [0.5, 0.6) is 0 Å². The maximum absolute atomic E-state index is 9.49. The van der Waals surface area contributed by atoms with Crippen LogP contribution in [0, 0.1) is 0 Å². The summed E-state index contributed by atoms with van der Waals surface area (Å²) in [6.45, 7) is 11.3. The molecule has 0 fully saturated rings. The van der Waals surface area contributed by atoms with Gasteiger partial charge in [-0.2, -0.15) is 0 Å². The van der Waals surface area contributed by atoms with Gasteiger partial charge in [-0.25, -0.2) is 0 Å². The van der Waals surface area contributed by atoms with Gasteiger partial charge in [0, 0.05) is 0 Å². The Bertz CT molecular complexity index is 259. The van der Waals surface area contributed by atoms with E-state index in [1.54, 1.807) is 27.7 Å². The lowest BCUT2D eigenvalue weighted by atomic mass is 10.3. The van der Waals surface area contributed by atoms with E-state index < -0.39 is 11.6 Å². The first-order valence-corrected chi connectivity index (χ1v) is 7.60. The molecular weight excluding hydrogens is 290 g/mol. The third kappa shape index (κ3) is 14.6. The van der Waals surface area contributed by atoms with E-state index in [2.05, 4.69) is 0 Å². The van der Waals surface area contributed by atoms with Crippen molar-refractivity contribution in [3.05, 3.63) is 0 Å². The van der Waals surface area contributed by atoms with Gasteiger partial charge in [-0.1, -0.05) is 0 Å². The van der Waals surface area contributed by atoms with Gasteiger partial charge in [-0.15, -0.1) is 0 Å². The van der Waals surface area contributed by atoms with Crippen LogP contribution in [-0.4, -0.2) is 66.5 Å². The van der Waals surface area contributed by atoms with Gasteiger partial charge in [0.15, 0.2) is 11.6 Å². The van der Waals surface area contributed by atoms with Crippen molar-refractivity contribution in [3.8, 4) is 0 Å². The van der Waals surface area contributed by atoms with E-state index >= 15 is 0 Å². The highest BCUT2D eigenvalue weighted by Gasteiger charge is 2.18. The van der Waals surface area contributed by atoms with E-state index in [0.717, 1.165) is 0 Å². The molecule has 134 valence electrons. The molecular formula is C15H33NO6. The highest BCUT2D eigenvalue weighted by Crippen LogP contribution is 2.09. The van der Waals surface area contributed by atoms with Crippen LogP contribution in [0.25, 0.3) is 0 Å². The summed E-state index contributed by atoms with van der Waals surface area (Å²) in [6.07, 6.45) is -0.457. The van der Waals surface area contributed by atoms with Gasteiger partial charge >= 0.3 is 0 Å². The van der Waals surface area contributed by atoms with Crippen molar-refractivity contribution in [1.82, 2.24) is 0 Å². The Labute approximate surface area is 133 Å². The predicted octanol–water partition coefficient (Wildman–Crippen LogP) is 0.614. The average molecular weight is 323 g/mol. The monoisotopic (exact) mass is 323 g/mol. The Balaban J connectivity index is 3.68. The topological polar surface area (TPSA) is 103 Å². The standard InChI is InChI=1S/C15H33NO6/c1-11(21-14(3,4)17)7-19-9-13(16)10-20-8-12(2)22-15(5,6)18/h11-13,17-18H,7-10,16H2,1-6H3. The zero-order valence-electron chi connectivity index (χ0n) is 14.7. The van der Waals surface area contributed by atoms with Crippen molar-refractivity contribution in [2.75, 3.05) is 26.4 Å². The molecule has 0 saturated carbocycles. The molecule has 0 bridgehead atoms. The van der Waals surface area contributed by atoms with Crippen LogP contribution >= 0.6 is 0 Å². The summed E-state index contributed by atoms with van der Waals surface area (Å²) in [5, 5.41) is 19.0. The van der Waals surface area contributed by atoms with E-state index in [-0.39, 0.29) is 18.2 Å². The summed E-state index contributed by atoms with van der Waals surface area (Å²) in [4.78, 5) is 0. The minimum Gasteiger partial charge on any atom is -0.377 e.